The average molecular weight is 557 g/mol. The van der Waals surface area contributed by atoms with Gasteiger partial charge in [0, 0.05) is 31.2 Å². The number of aromatic nitrogens is 1. The average Bonchev–Trinajstić information content (AvgIpc) is 3.25. The molecule has 1 aliphatic rings. The lowest BCUT2D eigenvalue weighted by Gasteiger charge is -2.38. The molecule has 4 rings (SSSR count). The summed E-state index contributed by atoms with van der Waals surface area (Å²) < 4.78 is 40.2. The highest BCUT2D eigenvalue weighted by molar-refractivity contribution is 7.92. The summed E-state index contributed by atoms with van der Waals surface area (Å²) in [6.07, 6.45) is -0.260. The van der Waals surface area contributed by atoms with Gasteiger partial charge in [-0.2, -0.15) is 0 Å². The summed E-state index contributed by atoms with van der Waals surface area (Å²) in [5.41, 5.74) is 1.84. The number of hydrogen-bond donors (Lipinski definition) is 2. The molecule has 11 heteroatoms. The number of aryl methyl sites for hydroxylation is 2. The largest absolute Gasteiger partial charge is 0.488 e. The molecular weight excluding hydrogens is 520 g/mol. The van der Waals surface area contributed by atoms with Crippen LogP contribution in [-0.2, 0) is 16.6 Å². The Morgan fingerprint density at radius 2 is 1.92 bits per heavy atom. The van der Waals surface area contributed by atoms with Gasteiger partial charge in [-0.25, -0.2) is 8.42 Å². The van der Waals surface area contributed by atoms with Crippen molar-refractivity contribution >= 4 is 21.6 Å². The standard InChI is InChI=1S/C28H36N4O6S/c1-18-14-32(19(2)17-33)28(34)24-13-23(30-39(35,36)27-20(3)29-38-21(27)4)11-12-25(24)37-26(18)16-31(5)15-22-9-7-6-8-10-22/h6-13,18-19,26,30,33H,14-17H2,1-5H3/t18-,19-,26+/m0/s1. The van der Waals surface area contributed by atoms with Gasteiger partial charge in [-0.15, -0.1) is 0 Å². The van der Waals surface area contributed by atoms with Crippen molar-refractivity contribution < 1.29 is 27.6 Å². The Kier molecular flexibility index (Phi) is 8.63. The fraction of sp³-hybridized carbons (Fsp3) is 0.429. The lowest BCUT2D eigenvalue weighted by molar-refractivity contribution is 0.0341. The third-order valence-electron chi connectivity index (χ3n) is 6.94. The Morgan fingerprint density at radius 3 is 2.56 bits per heavy atom. The molecule has 0 aliphatic carbocycles. The Morgan fingerprint density at radius 1 is 1.21 bits per heavy atom. The normalized spacial score (nSPS) is 18.7. The van der Waals surface area contributed by atoms with Gasteiger partial charge in [0.2, 0.25) is 0 Å². The van der Waals surface area contributed by atoms with E-state index in [4.69, 9.17) is 9.26 Å². The van der Waals surface area contributed by atoms with Crippen LogP contribution >= 0.6 is 0 Å². The van der Waals surface area contributed by atoms with E-state index in [1.54, 1.807) is 30.9 Å². The van der Waals surface area contributed by atoms with Crippen molar-refractivity contribution in [2.24, 2.45) is 5.92 Å². The quantitative estimate of drug-likeness (QED) is 0.411. The summed E-state index contributed by atoms with van der Waals surface area (Å²) >= 11 is 0. The van der Waals surface area contributed by atoms with Crippen LogP contribution in [-0.4, -0.2) is 73.3 Å². The molecule has 1 aliphatic heterocycles. The SMILES string of the molecule is Cc1noc(C)c1S(=O)(=O)Nc1ccc2c(c1)C(=O)N([C@@H](C)CO)C[C@H](C)[C@@H](CN(C)Cc1ccccc1)O2. The van der Waals surface area contributed by atoms with E-state index in [1.165, 1.54) is 18.6 Å². The Bertz CT molecular complexity index is 1390. The van der Waals surface area contributed by atoms with Crippen LogP contribution in [0.2, 0.25) is 0 Å². The van der Waals surface area contributed by atoms with E-state index in [0.717, 1.165) is 6.54 Å². The maximum atomic E-state index is 13.7. The Hall–Kier alpha value is -3.41. The molecule has 3 aromatic rings. The van der Waals surface area contributed by atoms with Crippen LogP contribution in [0.3, 0.4) is 0 Å². The van der Waals surface area contributed by atoms with Crippen molar-refractivity contribution in [3.8, 4) is 5.75 Å². The summed E-state index contributed by atoms with van der Waals surface area (Å²) in [7, 11) is -1.99. The maximum Gasteiger partial charge on any atom is 0.267 e. The molecule has 2 heterocycles. The zero-order valence-electron chi connectivity index (χ0n) is 22.9. The fourth-order valence-electron chi connectivity index (χ4n) is 4.84. The molecule has 0 bridgehead atoms. The minimum absolute atomic E-state index is 0.0351. The van der Waals surface area contributed by atoms with Crippen LogP contribution in [0.25, 0.3) is 0 Å². The number of hydrogen-bond acceptors (Lipinski definition) is 8. The van der Waals surface area contributed by atoms with Crippen molar-refractivity contribution in [1.29, 1.82) is 0 Å². The van der Waals surface area contributed by atoms with E-state index >= 15 is 0 Å². The molecule has 1 aromatic heterocycles. The number of fused-ring (bicyclic) bond motifs is 1. The molecule has 3 atom stereocenters. The molecule has 0 saturated heterocycles. The lowest BCUT2D eigenvalue weighted by atomic mass is 9.99. The summed E-state index contributed by atoms with van der Waals surface area (Å²) in [6.45, 7) is 8.40. The topological polar surface area (TPSA) is 125 Å². The van der Waals surface area contributed by atoms with E-state index in [9.17, 15) is 18.3 Å². The zero-order chi connectivity index (χ0) is 28.3. The number of amides is 1. The second kappa shape index (κ2) is 11.8. The van der Waals surface area contributed by atoms with Gasteiger partial charge in [0.25, 0.3) is 15.9 Å². The van der Waals surface area contributed by atoms with Crippen molar-refractivity contribution in [2.75, 3.05) is 31.5 Å². The molecule has 10 nitrogen and oxygen atoms in total. The molecule has 1 amide bonds. The molecule has 0 saturated carbocycles. The second-order valence-corrected chi connectivity index (χ2v) is 11.9. The molecule has 2 aromatic carbocycles. The van der Waals surface area contributed by atoms with Crippen LogP contribution in [0.1, 0.15) is 41.2 Å². The monoisotopic (exact) mass is 556 g/mol. The predicted molar refractivity (Wildman–Crippen MR) is 147 cm³/mol. The first-order valence-electron chi connectivity index (χ1n) is 12.9. The lowest BCUT2D eigenvalue weighted by Crippen LogP contribution is -2.49. The number of carbonyl (C=O) groups is 1. The van der Waals surface area contributed by atoms with Crippen molar-refractivity contribution in [3.05, 3.63) is 71.1 Å². The van der Waals surface area contributed by atoms with Crippen LogP contribution < -0.4 is 9.46 Å². The molecule has 0 radical (unpaired) electrons. The molecule has 39 heavy (non-hydrogen) atoms. The van der Waals surface area contributed by atoms with Crippen molar-refractivity contribution in [2.45, 2.75) is 51.3 Å². The van der Waals surface area contributed by atoms with Gasteiger partial charge < -0.3 is 19.3 Å². The summed E-state index contributed by atoms with van der Waals surface area (Å²) in [5, 5.41) is 13.6. The molecular formula is C28H36N4O6S. The van der Waals surface area contributed by atoms with E-state index in [1.807, 2.05) is 32.2 Å². The number of benzene rings is 2. The summed E-state index contributed by atoms with van der Waals surface area (Å²) in [5.74, 6) is 0.157. The van der Waals surface area contributed by atoms with Gasteiger partial charge in [0.15, 0.2) is 10.7 Å². The first kappa shape index (κ1) is 28.6. The van der Waals surface area contributed by atoms with Gasteiger partial charge in [-0.3, -0.25) is 14.4 Å². The zero-order valence-corrected chi connectivity index (χ0v) is 23.7. The Balaban J connectivity index is 1.65. The molecule has 0 unspecified atom stereocenters. The van der Waals surface area contributed by atoms with Crippen LogP contribution in [0.15, 0.2) is 57.9 Å². The smallest absolute Gasteiger partial charge is 0.267 e. The predicted octanol–water partition coefficient (Wildman–Crippen LogP) is 3.44. The van der Waals surface area contributed by atoms with Gasteiger partial charge in [-0.1, -0.05) is 42.4 Å². The van der Waals surface area contributed by atoms with Crippen LogP contribution in [0.5, 0.6) is 5.75 Å². The second-order valence-electron chi connectivity index (χ2n) is 10.3. The number of nitrogens with zero attached hydrogens (tertiary/aromatic N) is 3. The van der Waals surface area contributed by atoms with Gasteiger partial charge in [0.05, 0.1) is 18.2 Å². The molecule has 210 valence electrons. The van der Waals surface area contributed by atoms with Gasteiger partial charge in [-0.05, 0) is 51.6 Å². The third kappa shape index (κ3) is 6.43. The highest BCUT2D eigenvalue weighted by Gasteiger charge is 2.34. The van der Waals surface area contributed by atoms with Gasteiger partial charge >= 0.3 is 0 Å². The number of sulfonamides is 1. The highest BCUT2D eigenvalue weighted by atomic mass is 32.2. The molecule has 2 N–H and O–H groups in total. The van der Waals surface area contributed by atoms with Gasteiger partial charge in [0.1, 0.15) is 17.5 Å². The summed E-state index contributed by atoms with van der Waals surface area (Å²) in [4.78, 5) is 17.4. The number of aliphatic hydroxyl groups is 1. The first-order valence-corrected chi connectivity index (χ1v) is 14.4. The van der Waals surface area contributed by atoms with E-state index < -0.39 is 16.1 Å². The van der Waals surface area contributed by atoms with Crippen LogP contribution in [0.4, 0.5) is 5.69 Å². The molecule has 0 fully saturated rings. The first-order chi connectivity index (χ1) is 18.5. The Labute approximate surface area is 229 Å². The minimum atomic E-state index is -4.01. The van der Waals surface area contributed by atoms with E-state index in [2.05, 4.69) is 26.9 Å². The number of rotatable bonds is 9. The number of carbonyl (C=O) groups excluding carboxylic acids is 1. The number of likely N-dealkylation sites (N-methyl/N-ethyl adjacent to an activating group) is 1. The highest BCUT2D eigenvalue weighted by Crippen LogP contribution is 2.32. The number of aliphatic hydroxyl groups excluding tert-OH is 1. The van der Waals surface area contributed by atoms with E-state index in [-0.39, 0.29) is 52.1 Å². The number of anilines is 1. The van der Waals surface area contributed by atoms with Crippen molar-refractivity contribution in [1.82, 2.24) is 15.0 Å². The fourth-order valence-corrected chi connectivity index (χ4v) is 6.22. The number of ether oxygens (including phenoxy) is 1. The van der Waals surface area contributed by atoms with Crippen molar-refractivity contribution in [3.63, 3.8) is 0 Å². The van der Waals surface area contributed by atoms with Crippen LogP contribution in [0, 0.1) is 19.8 Å². The number of nitrogens with one attached hydrogen (secondary N) is 1. The van der Waals surface area contributed by atoms with E-state index in [0.29, 0.717) is 18.8 Å². The summed E-state index contributed by atoms with van der Waals surface area (Å²) in [6, 6.07) is 14.4. The maximum absolute atomic E-state index is 13.7. The third-order valence-corrected chi connectivity index (χ3v) is 8.57. The minimum Gasteiger partial charge on any atom is -0.488 e. The molecule has 0 spiro atoms.